The second-order valence-electron chi connectivity index (χ2n) is 5.18. The molecule has 148 valence electrons. The molecule has 12 heteroatoms. The summed E-state index contributed by atoms with van der Waals surface area (Å²) in [6.07, 6.45) is -2.88. The number of hydrogen-bond donors (Lipinski definition) is 2. The molecule has 0 aliphatic heterocycles. The third-order valence-corrected chi connectivity index (χ3v) is 4.35. The van der Waals surface area contributed by atoms with Gasteiger partial charge in [0.15, 0.2) is 6.10 Å². The quantitative estimate of drug-likeness (QED) is 0.565. The molecular formula is C15H15ClO9S2. The predicted molar refractivity (Wildman–Crippen MR) is 95.2 cm³/mol. The summed E-state index contributed by atoms with van der Waals surface area (Å²) in [5, 5.41) is 0.430. The molecule has 0 saturated heterocycles. The predicted octanol–water partition coefficient (Wildman–Crippen LogP) is 2.47. The van der Waals surface area contributed by atoms with Gasteiger partial charge in [0.25, 0.3) is 0 Å². The lowest BCUT2D eigenvalue weighted by molar-refractivity contribution is 0.0175. The van der Waals surface area contributed by atoms with E-state index in [2.05, 4.69) is 8.37 Å². The van der Waals surface area contributed by atoms with Gasteiger partial charge in [0.1, 0.15) is 18.5 Å². The van der Waals surface area contributed by atoms with Gasteiger partial charge in [-0.25, -0.2) is 8.37 Å². The van der Waals surface area contributed by atoms with Gasteiger partial charge in [-0.2, -0.15) is 16.8 Å². The fourth-order valence-electron chi connectivity index (χ4n) is 2.14. The molecule has 0 unspecified atom stereocenters. The first kappa shape index (κ1) is 21.6. The minimum Gasteiger partial charge on any atom is -0.483 e. The van der Waals surface area contributed by atoms with Crippen molar-refractivity contribution in [3.8, 4) is 5.75 Å². The van der Waals surface area contributed by atoms with E-state index in [4.69, 9.17) is 25.4 Å². The molecule has 2 rings (SSSR count). The molecule has 0 fully saturated rings. The molecule has 2 aromatic rings. The van der Waals surface area contributed by atoms with Crippen molar-refractivity contribution < 1.29 is 39.0 Å². The van der Waals surface area contributed by atoms with Crippen LogP contribution in [0.2, 0.25) is 5.02 Å². The first-order valence-electron chi connectivity index (χ1n) is 7.28. The lowest BCUT2D eigenvalue weighted by Crippen LogP contribution is -2.34. The highest BCUT2D eigenvalue weighted by Gasteiger charge is 2.32. The summed E-state index contributed by atoms with van der Waals surface area (Å²) in [5.41, 5.74) is 0.389. The maximum absolute atomic E-state index is 11.2. The first-order chi connectivity index (χ1) is 12.5. The van der Waals surface area contributed by atoms with Crippen LogP contribution in [-0.4, -0.2) is 38.7 Å². The lowest BCUT2D eigenvalue weighted by atomic mass is 10.0. The Bertz CT molecular complexity index is 945. The molecule has 2 aromatic carbocycles. The smallest absolute Gasteiger partial charge is 0.397 e. The normalized spacial score (nSPS) is 14.5. The minimum absolute atomic E-state index is 0.254. The van der Waals surface area contributed by atoms with Crippen LogP contribution in [0.3, 0.4) is 0 Å². The van der Waals surface area contributed by atoms with Crippen molar-refractivity contribution in [2.24, 2.45) is 0 Å². The van der Waals surface area contributed by atoms with E-state index in [-0.39, 0.29) is 5.75 Å². The van der Waals surface area contributed by atoms with Crippen molar-refractivity contribution in [3.05, 3.63) is 65.2 Å². The summed E-state index contributed by atoms with van der Waals surface area (Å²) < 4.78 is 76.4. The van der Waals surface area contributed by atoms with E-state index in [9.17, 15) is 16.8 Å². The minimum atomic E-state index is -5.00. The Morgan fingerprint density at radius 1 is 0.889 bits per heavy atom. The summed E-state index contributed by atoms with van der Waals surface area (Å²) >= 11 is 5.81. The van der Waals surface area contributed by atoms with Crippen LogP contribution in [-0.2, 0) is 29.2 Å². The highest BCUT2D eigenvalue weighted by atomic mass is 35.5. The molecule has 0 spiro atoms. The van der Waals surface area contributed by atoms with E-state index in [0.29, 0.717) is 10.6 Å². The topological polar surface area (TPSA) is 136 Å². The molecule has 0 radical (unpaired) electrons. The highest BCUT2D eigenvalue weighted by Crippen LogP contribution is 2.28. The Kier molecular flexibility index (Phi) is 7.17. The van der Waals surface area contributed by atoms with Crippen molar-refractivity contribution in [1.29, 1.82) is 0 Å². The maximum atomic E-state index is 11.2. The van der Waals surface area contributed by atoms with Gasteiger partial charge >= 0.3 is 20.8 Å². The van der Waals surface area contributed by atoms with Gasteiger partial charge in [-0.1, -0.05) is 41.9 Å². The zero-order valence-electron chi connectivity index (χ0n) is 13.5. The Morgan fingerprint density at radius 3 is 2.00 bits per heavy atom. The van der Waals surface area contributed by atoms with Crippen molar-refractivity contribution in [1.82, 2.24) is 0 Å². The zero-order chi connectivity index (χ0) is 20.1. The van der Waals surface area contributed by atoms with Crippen molar-refractivity contribution >= 4 is 32.4 Å². The standard InChI is InChI=1S/C15H15ClO9S2/c16-12-6-8-13(9-7-12)24-15(11-4-2-1-3-5-11)14(25-27(20,21)22)10-23-26(17,18)19/h1-9,14-15H,10H2,(H,17,18,19)(H,20,21,22)/t14-,15+/m1/s1. The van der Waals surface area contributed by atoms with Gasteiger partial charge in [-0.3, -0.25) is 9.11 Å². The number of hydrogen-bond acceptors (Lipinski definition) is 7. The molecule has 0 amide bonds. The number of ether oxygens (including phenoxy) is 1. The molecule has 0 saturated carbocycles. The Balaban J connectivity index is 2.39. The third kappa shape index (κ3) is 7.81. The fraction of sp³-hybridized carbons (Fsp3) is 0.200. The van der Waals surface area contributed by atoms with Crippen molar-refractivity contribution in [2.45, 2.75) is 12.2 Å². The Labute approximate surface area is 161 Å². The van der Waals surface area contributed by atoms with Crippen LogP contribution in [0.4, 0.5) is 0 Å². The molecule has 2 atom stereocenters. The summed E-state index contributed by atoms with van der Waals surface area (Å²) in [5.74, 6) is 0.254. The fourth-order valence-corrected chi connectivity index (χ4v) is 3.04. The highest BCUT2D eigenvalue weighted by molar-refractivity contribution is 7.81. The van der Waals surface area contributed by atoms with Crippen LogP contribution >= 0.6 is 11.6 Å². The van der Waals surface area contributed by atoms with E-state index in [1.807, 2.05) is 0 Å². The average molecular weight is 439 g/mol. The lowest BCUT2D eigenvalue weighted by Gasteiger charge is -2.26. The summed E-state index contributed by atoms with van der Waals surface area (Å²) in [7, 11) is -9.90. The van der Waals surface area contributed by atoms with E-state index in [1.165, 1.54) is 24.3 Å². The maximum Gasteiger partial charge on any atom is 0.397 e. The molecule has 0 aliphatic rings. The molecule has 2 N–H and O–H groups in total. The van der Waals surface area contributed by atoms with Crippen LogP contribution < -0.4 is 4.74 Å². The number of benzene rings is 2. The number of halogens is 1. The zero-order valence-corrected chi connectivity index (χ0v) is 15.9. The second-order valence-corrected chi connectivity index (χ2v) is 7.75. The Hall–Kier alpha value is -1.73. The molecular weight excluding hydrogens is 424 g/mol. The largest absolute Gasteiger partial charge is 0.483 e. The van der Waals surface area contributed by atoms with E-state index in [0.717, 1.165) is 0 Å². The van der Waals surface area contributed by atoms with Crippen LogP contribution in [0, 0.1) is 0 Å². The average Bonchev–Trinajstić information content (AvgIpc) is 2.57. The van der Waals surface area contributed by atoms with Gasteiger partial charge in [0.2, 0.25) is 0 Å². The summed E-state index contributed by atoms with van der Waals surface area (Å²) in [6.45, 7) is -0.953. The molecule has 0 aliphatic carbocycles. The van der Waals surface area contributed by atoms with Crippen molar-refractivity contribution in [2.75, 3.05) is 6.61 Å². The molecule has 0 bridgehead atoms. The van der Waals surface area contributed by atoms with Gasteiger partial charge < -0.3 is 4.74 Å². The van der Waals surface area contributed by atoms with Gasteiger partial charge in [0.05, 0.1) is 0 Å². The molecule has 27 heavy (non-hydrogen) atoms. The molecule has 0 heterocycles. The monoisotopic (exact) mass is 438 g/mol. The van der Waals surface area contributed by atoms with Crippen LogP contribution in [0.5, 0.6) is 5.75 Å². The molecule has 9 nitrogen and oxygen atoms in total. The Morgan fingerprint density at radius 2 is 1.48 bits per heavy atom. The first-order valence-corrected chi connectivity index (χ1v) is 10.4. The number of rotatable bonds is 9. The van der Waals surface area contributed by atoms with E-state index in [1.54, 1.807) is 30.3 Å². The van der Waals surface area contributed by atoms with Crippen LogP contribution in [0.1, 0.15) is 11.7 Å². The van der Waals surface area contributed by atoms with E-state index < -0.39 is 39.6 Å². The summed E-state index contributed by atoms with van der Waals surface area (Å²) in [6, 6.07) is 14.1. The third-order valence-electron chi connectivity index (χ3n) is 3.17. The SMILES string of the molecule is O=S(=O)(O)OC[C@@H](OS(=O)(=O)O)[C@@H](Oc1ccc(Cl)cc1)c1ccccc1. The van der Waals surface area contributed by atoms with Crippen molar-refractivity contribution in [3.63, 3.8) is 0 Å². The van der Waals surface area contributed by atoms with Crippen LogP contribution in [0.15, 0.2) is 54.6 Å². The summed E-state index contributed by atoms with van der Waals surface area (Å²) in [4.78, 5) is 0. The molecule has 0 aromatic heterocycles. The van der Waals surface area contributed by atoms with Crippen LogP contribution in [0.25, 0.3) is 0 Å². The van der Waals surface area contributed by atoms with E-state index >= 15 is 0 Å². The van der Waals surface area contributed by atoms with Gasteiger partial charge in [-0.15, -0.1) is 0 Å². The van der Waals surface area contributed by atoms with Gasteiger partial charge in [0, 0.05) is 5.02 Å². The van der Waals surface area contributed by atoms with Gasteiger partial charge in [-0.05, 0) is 29.8 Å². The second kappa shape index (κ2) is 8.97.